The van der Waals surface area contributed by atoms with E-state index in [1.54, 1.807) is 12.3 Å². The average molecular weight is 250 g/mol. The van der Waals surface area contributed by atoms with Crippen LogP contribution in [0.5, 0.6) is 0 Å². The van der Waals surface area contributed by atoms with Crippen molar-refractivity contribution in [1.29, 1.82) is 0 Å². The number of rotatable bonds is 1. The van der Waals surface area contributed by atoms with E-state index < -0.39 is 5.54 Å². The number of hydrogen-bond acceptors (Lipinski definition) is 2. The van der Waals surface area contributed by atoms with Gasteiger partial charge in [-0.25, -0.2) is 4.98 Å². The highest BCUT2D eigenvalue weighted by atomic mass is 79.9. The topological polar surface area (TPSA) is 38.9 Å². The molecule has 0 aliphatic rings. The van der Waals surface area contributed by atoms with E-state index in [1.165, 1.54) is 0 Å². The van der Waals surface area contributed by atoms with Crippen LogP contribution < -0.4 is 5.73 Å². The standard InChI is InChI=1S/C8H10BrClN2/c1-8(2,11)5-3-7(10)12-4-6(5)9/h3-4H,11H2,1-2H3. The Labute approximate surface area is 85.3 Å². The molecule has 0 saturated carbocycles. The van der Waals surface area contributed by atoms with Gasteiger partial charge in [0.25, 0.3) is 0 Å². The number of nitrogens with zero attached hydrogens (tertiary/aromatic N) is 1. The van der Waals surface area contributed by atoms with E-state index in [0.717, 1.165) is 10.0 Å². The molecule has 0 saturated heterocycles. The van der Waals surface area contributed by atoms with Gasteiger partial charge in [0, 0.05) is 16.2 Å². The summed E-state index contributed by atoms with van der Waals surface area (Å²) in [7, 11) is 0. The molecule has 0 aromatic carbocycles. The lowest BCUT2D eigenvalue weighted by Gasteiger charge is -2.20. The fraction of sp³-hybridized carbons (Fsp3) is 0.375. The van der Waals surface area contributed by atoms with Crippen molar-refractivity contribution in [3.8, 4) is 0 Å². The van der Waals surface area contributed by atoms with Crippen molar-refractivity contribution in [3.05, 3.63) is 27.5 Å². The fourth-order valence-electron chi connectivity index (χ4n) is 0.907. The van der Waals surface area contributed by atoms with E-state index in [2.05, 4.69) is 20.9 Å². The Balaban J connectivity index is 3.23. The molecule has 0 radical (unpaired) electrons. The second kappa shape index (κ2) is 3.32. The van der Waals surface area contributed by atoms with E-state index >= 15 is 0 Å². The lowest BCUT2D eigenvalue weighted by molar-refractivity contribution is 0.551. The lowest BCUT2D eigenvalue weighted by atomic mass is 9.97. The van der Waals surface area contributed by atoms with Crippen molar-refractivity contribution in [2.45, 2.75) is 19.4 Å². The minimum atomic E-state index is -0.397. The van der Waals surface area contributed by atoms with E-state index in [4.69, 9.17) is 17.3 Å². The molecule has 2 nitrogen and oxygen atoms in total. The van der Waals surface area contributed by atoms with Gasteiger partial charge in [-0.15, -0.1) is 0 Å². The summed E-state index contributed by atoms with van der Waals surface area (Å²) >= 11 is 9.10. The third kappa shape index (κ3) is 2.19. The summed E-state index contributed by atoms with van der Waals surface area (Å²) in [6, 6.07) is 1.77. The van der Waals surface area contributed by atoms with E-state index in [-0.39, 0.29) is 0 Å². The number of nitrogens with two attached hydrogens (primary N) is 1. The summed E-state index contributed by atoms with van der Waals surface area (Å²) in [5.41, 5.74) is 6.47. The van der Waals surface area contributed by atoms with Gasteiger partial charge in [-0.1, -0.05) is 11.6 Å². The number of halogens is 2. The molecular weight excluding hydrogens is 239 g/mol. The molecule has 0 spiro atoms. The van der Waals surface area contributed by atoms with Crippen molar-refractivity contribution >= 4 is 27.5 Å². The first-order valence-electron chi connectivity index (χ1n) is 3.51. The van der Waals surface area contributed by atoms with Gasteiger partial charge in [-0.2, -0.15) is 0 Å². The zero-order valence-electron chi connectivity index (χ0n) is 6.94. The predicted octanol–water partition coefficient (Wildman–Crippen LogP) is 2.69. The Morgan fingerprint density at radius 2 is 2.17 bits per heavy atom. The number of pyridine rings is 1. The molecule has 0 amide bonds. The Morgan fingerprint density at radius 1 is 1.58 bits per heavy atom. The summed E-state index contributed by atoms with van der Waals surface area (Å²) < 4.78 is 0.888. The van der Waals surface area contributed by atoms with E-state index in [9.17, 15) is 0 Å². The average Bonchev–Trinajstić information content (AvgIpc) is 1.92. The molecule has 66 valence electrons. The molecule has 0 aliphatic carbocycles. The molecule has 0 bridgehead atoms. The molecule has 0 fully saturated rings. The van der Waals surface area contributed by atoms with Gasteiger partial charge in [0.15, 0.2) is 0 Å². The maximum absolute atomic E-state index is 5.91. The molecule has 1 aromatic heterocycles. The second-order valence-electron chi connectivity index (χ2n) is 3.21. The highest BCUT2D eigenvalue weighted by Crippen LogP contribution is 2.27. The van der Waals surface area contributed by atoms with Crippen LogP contribution in [-0.4, -0.2) is 4.98 Å². The van der Waals surface area contributed by atoms with Crippen LogP contribution in [0.3, 0.4) is 0 Å². The van der Waals surface area contributed by atoms with Crippen LogP contribution in [0.25, 0.3) is 0 Å². The normalized spacial score (nSPS) is 11.8. The fourth-order valence-corrected chi connectivity index (χ4v) is 1.79. The first-order chi connectivity index (χ1) is 5.41. The molecule has 0 unspecified atom stereocenters. The third-order valence-electron chi connectivity index (χ3n) is 1.52. The summed E-state index contributed by atoms with van der Waals surface area (Å²) in [5, 5.41) is 0.465. The molecule has 2 N–H and O–H groups in total. The first kappa shape index (κ1) is 9.96. The van der Waals surface area contributed by atoms with Gasteiger partial charge in [-0.05, 0) is 41.4 Å². The van der Waals surface area contributed by atoms with Crippen LogP contribution in [-0.2, 0) is 5.54 Å². The molecule has 4 heteroatoms. The monoisotopic (exact) mass is 248 g/mol. The third-order valence-corrected chi connectivity index (χ3v) is 2.35. The van der Waals surface area contributed by atoms with Gasteiger partial charge in [-0.3, -0.25) is 0 Å². The molecular formula is C8H10BrClN2. The highest BCUT2D eigenvalue weighted by Gasteiger charge is 2.17. The maximum atomic E-state index is 5.91. The van der Waals surface area contributed by atoms with Gasteiger partial charge in [0.2, 0.25) is 0 Å². The predicted molar refractivity (Wildman–Crippen MR) is 54.2 cm³/mol. The SMILES string of the molecule is CC(C)(N)c1cc(Cl)ncc1Br. The summed E-state index contributed by atoms with van der Waals surface area (Å²) in [4.78, 5) is 3.92. The first-order valence-corrected chi connectivity index (χ1v) is 4.69. The van der Waals surface area contributed by atoms with Crippen molar-refractivity contribution in [1.82, 2.24) is 4.98 Å². The molecule has 12 heavy (non-hydrogen) atoms. The van der Waals surface area contributed by atoms with Crippen LogP contribution in [0.2, 0.25) is 5.15 Å². The van der Waals surface area contributed by atoms with Crippen LogP contribution >= 0.6 is 27.5 Å². The van der Waals surface area contributed by atoms with Gasteiger partial charge in [0.05, 0.1) is 0 Å². The molecule has 1 heterocycles. The quantitative estimate of drug-likeness (QED) is 0.777. The van der Waals surface area contributed by atoms with Gasteiger partial charge >= 0.3 is 0 Å². The van der Waals surface area contributed by atoms with Crippen LogP contribution in [0.1, 0.15) is 19.4 Å². The Morgan fingerprint density at radius 3 is 2.58 bits per heavy atom. The zero-order valence-corrected chi connectivity index (χ0v) is 9.28. The van der Waals surface area contributed by atoms with Crippen molar-refractivity contribution < 1.29 is 0 Å². The van der Waals surface area contributed by atoms with Crippen LogP contribution in [0.15, 0.2) is 16.7 Å². The summed E-state index contributed by atoms with van der Waals surface area (Å²) in [6.45, 7) is 3.84. The second-order valence-corrected chi connectivity index (χ2v) is 4.45. The Hall–Kier alpha value is -0.120. The Bertz CT molecular complexity index is 294. The number of aromatic nitrogens is 1. The van der Waals surface area contributed by atoms with Crippen LogP contribution in [0, 0.1) is 0 Å². The minimum absolute atomic E-state index is 0.397. The Kier molecular flexibility index (Phi) is 2.76. The van der Waals surface area contributed by atoms with Crippen molar-refractivity contribution in [3.63, 3.8) is 0 Å². The molecule has 1 aromatic rings. The van der Waals surface area contributed by atoms with E-state index in [0.29, 0.717) is 5.15 Å². The molecule has 0 aliphatic heterocycles. The van der Waals surface area contributed by atoms with Gasteiger partial charge < -0.3 is 5.73 Å². The molecule has 0 atom stereocenters. The smallest absolute Gasteiger partial charge is 0.129 e. The number of hydrogen-bond donors (Lipinski definition) is 1. The minimum Gasteiger partial charge on any atom is -0.322 e. The van der Waals surface area contributed by atoms with Crippen molar-refractivity contribution in [2.75, 3.05) is 0 Å². The lowest BCUT2D eigenvalue weighted by Crippen LogP contribution is -2.29. The highest BCUT2D eigenvalue weighted by molar-refractivity contribution is 9.10. The van der Waals surface area contributed by atoms with Crippen molar-refractivity contribution in [2.24, 2.45) is 5.73 Å². The van der Waals surface area contributed by atoms with Gasteiger partial charge in [0.1, 0.15) is 5.15 Å². The summed E-state index contributed by atoms with van der Waals surface area (Å²) in [6.07, 6.45) is 1.66. The summed E-state index contributed by atoms with van der Waals surface area (Å²) in [5.74, 6) is 0. The maximum Gasteiger partial charge on any atom is 0.129 e. The largest absolute Gasteiger partial charge is 0.322 e. The van der Waals surface area contributed by atoms with Crippen LogP contribution in [0.4, 0.5) is 0 Å². The zero-order chi connectivity index (χ0) is 9.35. The molecule has 1 rings (SSSR count). The van der Waals surface area contributed by atoms with E-state index in [1.807, 2.05) is 13.8 Å².